The van der Waals surface area contributed by atoms with Crippen molar-refractivity contribution in [2.45, 2.75) is 45.4 Å². The molecule has 0 radical (unpaired) electrons. The van der Waals surface area contributed by atoms with Crippen LogP contribution in [0.3, 0.4) is 0 Å². The van der Waals surface area contributed by atoms with Crippen LogP contribution >= 0.6 is 0 Å². The molecule has 0 saturated carbocycles. The number of nitrogens with two attached hydrogens (primary N) is 1. The second-order valence-electron chi connectivity index (χ2n) is 6.47. The lowest BCUT2D eigenvalue weighted by molar-refractivity contribution is -0.0511. The van der Waals surface area contributed by atoms with Gasteiger partial charge in [-0.25, -0.2) is 0 Å². The maximum Gasteiger partial charge on any atom is 0.387 e. The van der Waals surface area contributed by atoms with Gasteiger partial charge >= 0.3 is 6.61 Å². The zero-order chi connectivity index (χ0) is 16.3. The van der Waals surface area contributed by atoms with Crippen molar-refractivity contribution in [3.8, 4) is 5.75 Å². The molecule has 3 N–H and O–H groups in total. The SMILES string of the molecule is CC(C)(O)C1CCCN(Cc2ccc(N)cc2OC(F)F)C1. The summed E-state index contributed by atoms with van der Waals surface area (Å²) >= 11 is 0. The number of benzene rings is 1. The maximum atomic E-state index is 12.5. The van der Waals surface area contributed by atoms with E-state index < -0.39 is 12.2 Å². The summed E-state index contributed by atoms with van der Waals surface area (Å²) in [6.45, 7) is 2.89. The number of hydrogen-bond acceptors (Lipinski definition) is 4. The van der Waals surface area contributed by atoms with Crippen molar-refractivity contribution in [3.63, 3.8) is 0 Å². The normalized spacial score (nSPS) is 20.4. The summed E-state index contributed by atoms with van der Waals surface area (Å²) in [5, 5.41) is 10.2. The number of anilines is 1. The molecular weight excluding hydrogens is 290 g/mol. The van der Waals surface area contributed by atoms with Gasteiger partial charge in [0.25, 0.3) is 0 Å². The molecule has 0 bridgehead atoms. The average molecular weight is 314 g/mol. The summed E-state index contributed by atoms with van der Waals surface area (Å²) in [5.74, 6) is 0.301. The number of hydrogen-bond donors (Lipinski definition) is 2. The standard InChI is InChI=1S/C16H24F2N2O2/c1-16(2,21)12-4-3-7-20(10-12)9-11-5-6-13(19)8-14(11)22-15(17)18/h5-6,8,12,15,21H,3-4,7,9-10,19H2,1-2H3. The first-order valence-corrected chi connectivity index (χ1v) is 7.53. The summed E-state index contributed by atoms with van der Waals surface area (Å²) < 4.78 is 29.6. The lowest BCUT2D eigenvalue weighted by Gasteiger charge is -2.38. The highest BCUT2D eigenvalue weighted by atomic mass is 19.3. The molecule has 22 heavy (non-hydrogen) atoms. The van der Waals surface area contributed by atoms with Crippen LogP contribution in [0.1, 0.15) is 32.3 Å². The van der Waals surface area contributed by atoms with E-state index in [0.717, 1.165) is 25.9 Å². The van der Waals surface area contributed by atoms with Gasteiger partial charge in [-0.1, -0.05) is 6.07 Å². The van der Waals surface area contributed by atoms with Crippen LogP contribution in [-0.2, 0) is 6.54 Å². The minimum absolute atomic E-state index is 0.125. The molecule has 0 aromatic heterocycles. The Morgan fingerprint density at radius 2 is 2.18 bits per heavy atom. The third kappa shape index (κ3) is 4.55. The van der Waals surface area contributed by atoms with Crippen molar-refractivity contribution < 1.29 is 18.6 Å². The van der Waals surface area contributed by atoms with Crippen LogP contribution in [0.25, 0.3) is 0 Å². The van der Waals surface area contributed by atoms with Gasteiger partial charge in [-0.05, 0) is 45.2 Å². The van der Waals surface area contributed by atoms with Gasteiger partial charge in [0.05, 0.1) is 5.60 Å². The molecule has 1 aromatic rings. The topological polar surface area (TPSA) is 58.7 Å². The van der Waals surface area contributed by atoms with Gasteiger partial charge in [-0.2, -0.15) is 8.78 Å². The molecule has 6 heteroatoms. The fourth-order valence-corrected chi connectivity index (χ4v) is 2.92. The van der Waals surface area contributed by atoms with E-state index in [4.69, 9.17) is 5.73 Å². The van der Waals surface area contributed by atoms with E-state index >= 15 is 0 Å². The summed E-state index contributed by atoms with van der Waals surface area (Å²) in [4.78, 5) is 2.16. The minimum Gasteiger partial charge on any atom is -0.434 e. The van der Waals surface area contributed by atoms with Crippen LogP contribution < -0.4 is 10.5 Å². The Hall–Kier alpha value is -1.40. The second kappa shape index (κ2) is 6.79. The number of halogens is 2. The molecule has 1 atom stereocenters. The van der Waals surface area contributed by atoms with Crippen molar-refractivity contribution in [1.29, 1.82) is 0 Å². The number of piperidine rings is 1. The van der Waals surface area contributed by atoms with E-state index in [0.29, 0.717) is 17.8 Å². The van der Waals surface area contributed by atoms with E-state index in [1.54, 1.807) is 12.1 Å². The number of nitrogen functional groups attached to an aromatic ring is 1. The molecular formula is C16H24F2N2O2. The van der Waals surface area contributed by atoms with Gasteiger partial charge in [0.1, 0.15) is 5.75 Å². The van der Waals surface area contributed by atoms with Gasteiger partial charge in [0.15, 0.2) is 0 Å². The molecule has 1 aromatic carbocycles. The van der Waals surface area contributed by atoms with Crippen LogP contribution in [0.4, 0.5) is 14.5 Å². The minimum atomic E-state index is -2.87. The highest BCUT2D eigenvalue weighted by Crippen LogP contribution is 2.30. The Balaban J connectivity index is 2.09. The smallest absolute Gasteiger partial charge is 0.387 e. The van der Waals surface area contributed by atoms with Crippen LogP contribution in [0.2, 0.25) is 0 Å². The Morgan fingerprint density at radius 3 is 2.82 bits per heavy atom. The Morgan fingerprint density at radius 1 is 1.45 bits per heavy atom. The summed E-state index contributed by atoms with van der Waals surface area (Å²) in [6.07, 6.45) is 1.96. The van der Waals surface area contributed by atoms with Crippen molar-refractivity contribution in [2.24, 2.45) is 5.92 Å². The quantitative estimate of drug-likeness (QED) is 0.821. The Labute approximate surface area is 129 Å². The molecule has 1 aliphatic heterocycles. The number of ether oxygens (including phenoxy) is 1. The molecule has 0 spiro atoms. The summed E-state index contributed by atoms with van der Waals surface area (Å²) in [7, 11) is 0. The molecule has 4 nitrogen and oxygen atoms in total. The predicted octanol–water partition coefficient (Wildman–Crippen LogP) is 2.85. The van der Waals surface area contributed by atoms with Gasteiger partial charge in [0, 0.05) is 30.4 Å². The second-order valence-corrected chi connectivity index (χ2v) is 6.47. The van der Waals surface area contributed by atoms with Crippen LogP contribution in [0.5, 0.6) is 5.75 Å². The number of aliphatic hydroxyl groups is 1. The third-order valence-electron chi connectivity index (χ3n) is 4.21. The van der Waals surface area contributed by atoms with Crippen molar-refractivity contribution in [2.75, 3.05) is 18.8 Å². The van der Waals surface area contributed by atoms with E-state index in [2.05, 4.69) is 9.64 Å². The Bertz CT molecular complexity index is 503. The highest BCUT2D eigenvalue weighted by Gasteiger charge is 2.31. The Kier molecular flexibility index (Phi) is 5.24. The number of alkyl halides is 2. The summed E-state index contributed by atoms with van der Waals surface area (Å²) in [6, 6.07) is 4.84. The van der Waals surface area contributed by atoms with Crippen molar-refractivity contribution >= 4 is 5.69 Å². The zero-order valence-corrected chi connectivity index (χ0v) is 13.1. The highest BCUT2D eigenvalue weighted by molar-refractivity contribution is 5.48. The predicted molar refractivity (Wildman–Crippen MR) is 81.8 cm³/mol. The molecule has 0 amide bonds. The molecule has 1 unspecified atom stereocenters. The first-order chi connectivity index (χ1) is 10.3. The third-order valence-corrected chi connectivity index (χ3v) is 4.21. The molecule has 1 saturated heterocycles. The monoisotopic (exact) mass is 314 g/mol. The van der Waals surface area contributed by atoms with Gasteiger partial charge in [-0.3, -0.25) is 4.90 Å². The molecule has 1 aliphatic rings. The number of likely N-dealkylation sites (tertiary alicyclic amines) is 1. The van der Waals surface area contributed by atoms with Crippen LogP contribution in [0.15, 0.2) is 18.2 Å². The van der Waals surface area contributed by atoms with Gasteiger partial charge in [0.2, 0.25) is 0 Å². The fourth-order valence-electron chi connectivity index (χ4n) is 2.92. The molecule has 2 rings (SSSR count). The molecule has 124 valence electrons. The van der Waals surface area contributed by atoms with E-state index in [1.165, 1.54) is 6.07 Å². The molecule has 1 heterocycles. The van der Waals surface area contributed by atoms with Crippen LogP contribution in [-0.4, -0.2) is 35.3 Å². The molecule has 1 fully saturated rings. The molecule has 0 aliphatic carbocycles. The van der Waals surface area contributed by atoms with E-state index in [9.17, 15) is 13.9 Å². The fraction of sp³-hybridized carbons (Fsp3) is 0.625. The summed E-state index contributed by atoms with van der Waals surface area (Å²) in [5.41, 5.74) is 5.99. The van der Waals surface area contributed by atoms with Crippen LogP contribution in [0, 0.1) is 5.92 Å². The average Bonchev–Trinajstić information content (AvgIpc) is 2.41. The van der Waals surface area contributed by atoms with Crippen molar-refractivity contribution in [3.05, 3.63) is 23.8 Å². The van der Waals surface area contributed by atoms with Gasteiger partial charge in [-0.15, -0.1) is 0 Å². The lowest BCUT2D eigenvalue weighted by Crippen LogP contribution is -2.44. The first-order valence-electron chi connectivity index (χ1n) is 7.53. The van der Waals surface area contributed by atoms with E-state index in [-0.39, 0.29) is 11.7 Å². The first kappa shape index (κ1) is 17.0. The lowest BCUT2D eigenvalue weighted by atomic mass is 9.84. The van der Waals surface area contributed by atoms with E-state index in [1.807, 2.05) is 13.8 Å². The zero-order valence-electron chi connectivity index (χ0n) is 13.1. The number of nitrogens with zero attached hydrogens (tertiary/aromatic N) is 1. The van der Waals surface area contributed by atoms with Gasteiger partial charge < -0.3 is 15.6 Å². The maximum absolute atomic E-state index is 12.5. The largest absolute Gasteiger partial charge is 0.434 e. The number of rotatable bonds is 5. The van der Waals surface area contributed by atoms with Crippen molar-refractivity contribution in [1.82, 2.24) is 4.90 Å².